The van der Waals surface area contributed by atoms with Crippen LogP contribution >= 0.6 is 0 Å². The summed E-state index contributed by atoms with van der Waals surface area (Å²) in [7, 11) is 0. The van der Waals surface area contributed by atoms with Gasteiger partial charge >= 0.3 is 0 Å². The Bertz CT molecular complexity index is 2290. The van der Waals surface area contributed by atoms with Gasteiger partial charge in [0.05, 0.1) is 49.6 Å². The van der Waals surface area contributed by atoms with E-state index in [9.17, 15) is 24.6 Å². The van der Waals surface area contributed by atoms with E-state index < -0.39 is 57.0 Å². The monoisotopic (exact) mass is 602 g/mol. The summed E-state index contributed by atoms with van der Waals surface area (Å²) in [5.74, 6) is -4.57. The predicted octanol–water partition coefficient (Wildman–Crippen LogP) is 8.22. The summed E-state index contributed by atoms with van der Waals surface area (Å²) < 4.78 is 60.2. The first-order valence-electron chi connectivity index (χ1n) is 12.4. The van der Waals surface area contributed by atoms with Crippen molar-refractivity contribution < 1.29 is 17.6 Å². The highest BCUT2D eigenvalue weighted by Gasteiger charge is 2.38. The topological polar surface area (TPSA) is 113 Å². The molecule has 210 valence electrons. The molecule has 0 bridgehead atoms. The molecule has 12 heteroatoms. The van der Waals surface area contributed by atoms with Gasteiger partial charge in [-0.05, 0) is 63.7 Å². The van der Waals surface area contributed by atoms with Crippen LogP contribution in [-0.2, 0) is 0 Å². The number of benzene rings is 3. The molecule has 0 aromatic heterocycles. The molecule has 0 heterocycles. The van der Waals surface area contributed by atoms with E-state index in [-0.39, 0.29) is 55.8 Å². The SMILES string of the molecule is [C-]#[N+]C1=C(c2cc(F)c([N+]#[C-])cc2F)/C(=C(/C#N)[N+]#[C-])c2cc3c(cc21)C(C#N)=C(c1cc(F)c(C#N)cc1F)/C3=C(\C#N)[N+]#[C-]. The number of rotatable bonds is 2. The third-order valence-corrected chi connectivity index (χ3v) is 7.21. The third-order valence-electron chi connectivity index (χ3n) is 7.21. The lowest BCUT2D eigenvalue weighted by atomic mass is 9.90. The number of hydrogen-bond acceptors (Lipinski definition) is 4. The average molecular weight is 602 g/mol. The van der Waals surface area contributed by atoms with Crippen LogP contribution in [0.2, 0.25) is 0 Å². The maximum Gasteiger partial charge on any atom is 0.270 e. The lowest BCUT2D eigenvalue weighted by molar-refractivity contribution is 0.594. The molecule has 0 amide bonds. The highest BCUT2D eigenvalue weighted by atomic mass is 19.1. The van der Waals surface area contributed by atoms with Crippen LogP contribution in [0.1, 0.15) is 38.9 Å². The number of allylic oxidation sites excluding steroid dienone is 7. The van der Waals surface area contributed by atoms with E-state index in [1.807, 2.05) is 6.07 Å². The second-order valence-corrected chi connectivity index (χ2v) is 9.35. The van der Waals surface area contributed by atoms with E-state index in [0.717, 1.165) is 0 Å². The quantitative estimate of drug-likeness (QED) is 0.167. The smallest absolute Gasteiger partial charge is 0.237 e. The molecule has 0 saturated carbocycles. The van der Waals surface area contributed by atoms with Crippen LogP contribution in [0.25, 0.3) is 52.9 Å². The minimum absolute atomic E-state index is 0.0506. The second-order valence-electron chi connectivity index (χ2n) is 9.35. The average Bonchev–Trinajstić information content (AvgIpc) is 3.54. The van der Waals surface area contributed by atoms with E-state index in [1.54, 1.807) is 12.1 Å². The molecule has 0 saturated heterocycles. The maximum absolute atomic E-state index is 15.4. The van der Waals surface area contributed by atoms with E-state index >= 15 is 8.78 Å². The molecule has 2 aliphatic carbocycles. The van der Waals surface area contributed by atoms with Crippen LogP contribution in [0, 0.1) is 94.9 Å². The van der Waals surface area contributed by atoms with Crippen molar-refractivity contribution in [3.8, 4) is 24.3 Å². The third kappa shape index (κ3) is 4.15. The van der Waals surface area contributed by atoms with Gasteiger partial charge in [0.15, 0.2) is 0 Å². The number of hydrogen-bond donors (Lipinski definition) is 0. The van der Waals surface area contributed by atoms with Crippen molar-refractivity contribution in [2.75, 3.05) is 0 Å². The van der Waals surface area contributed by atoms with Crippen molar-refractivity contribution in [2.24, 2.45) is 0 Å². The first kappa shape index (κ1) is 29.7. The summed E-state index contributed by atoms with van der Waals surface area (Å²) in [5, 5.41) is 39.1. The van der Waals surface area contributed by atoms with Gasteiger partial charge in [-0.1, -0.05) is 6.07 Å². The highest BCUT2D eigenvalue weighted by Crippen LogP contribution is 2.55. The molecule has 0 fully saturated rings. The van der Waals surface area contributed by atoms with Crippen molar-refractivity contribution in [1.29, 1.82) is 21.0 Å². The summed E-state index contributed by atoms with van der Waals surface area (Å²) in [4.78, 5) is 12.8. The van der Waals surface area contributed by atoms with Crippen LogP contribution in [-0.4, -0.2) is 0 Å². The Morgan fingerprint density at radius 2 is 1.09 bits per heavy atom. The van der Waals surface area contributed by atoms with Crippen molar-refractivity contribution in [3.63, 3.8) is 0 Å². The Labute approximate surface area is 257 Å². The van der Waals surface area contributed by atoms with Gasteiger partial charge in [0.2, 0.25) is 11.4 Å². The molecule has 3 aromatic carbocycles. The molecular formula is C34H6F4N8. The lowest BCUT2D eigenvalue weighted by Crippen LogP contribution is -1.98. The number of nitriles is 4. The second kappa shape index (κ2) is 11.2. The zero-order valence-corrected chi connectivity index (χ0v) is 22.6. The summed E-state index contributed by atoms with van der Waals surface area (Å²) in [6.07, 6.45) is 0. The molecule has 3 aromatic rings. The Kier molecular flexibility index (Phi) is 7.21. The zero-order valence-electron chi connectivity index (χ0n) is 22.6. The molecule has 8 nitrogen and oxygen atoms in total. The van der Waals surface area contributed by atoms with Crippen LogP contribution in [0.3, 0.4) is 0 Å². The molecule has 0 atom stereocenters. The molecule has 0 aliphatic heterocycles. The first-order valence-corrected chi connectivity index (χ1v) is 12.4. The summed E-state index contributed by atoms with van der Waals surface area (Å²) >= 11 is 0. The molecular weight excluding hydrogens is 596 g/mol. The minimum Gasteiger partial charge on any atom is -0.237 e. The fourth-order valence-corrected chi connectivity index (χ4v) is 5.37. The number of halogens is 4. The normalized spacial score (nSPS) is 14.7. The zero-order chi connectivity index (χ0) is 33.4. The minimum atomic E-state index is -1.15. The Morgan fingerprint density at radius 3 is 1.63 bits per heavy atom. The highest BCUT2D eigenvalue weighted by molar-refractivity contribution is 6.29. The van der Waals surface area contributed by atoms with Crippen molar-refractivity contribution in [1.82, 2.24) is 0 Å². The standard InChI is InChI=1S/C34H6F4N8/c1-43-27-10-25(37)21(9-26(27)38)33-32(29(14-42)45-3)18-7-17-16(6-19(18)34(33)46-4)22(12-40)30(31(17)28(13-41)44-2)20-8-23(35)15(11-39)5-24(20)36/h5-10H/b31-28+,32-29-. The molecule has 0 unspecified atom stereocenters. The molecule has 0 N–H and O–H groups in total. The van der Waals surface area contributed by atoms with Gasteiger partial charge in [-0.3, -0.25) is 0 Å². The van der Waals surface area contributed by atoms with Gasteiger partial charge in [0.25, 0.3) is 11.4 Å². The van der Waals surface area contributed by atoms with Crippen LogP contribution in [0.15, 0.2) is 47.8 Å². The summed E-state index contributed by atoms with van der Waals surface area (Å²) in [6.45, 7) is 30.2. The van der Waals surface area contributed by atoms with E-state index in [2.05, 4.69) is 19.4 Å². The molecule has 0 radical (unpaired) electrons. The van der Waals surface area contributed by atoms with E-state index in [0.29, 0.717) is 24.3 Å². The fourth-order valence-electron chi connectivity index (χ4n) is 5.37. The Morgan fingerprint density at radius 1 is 0.543 bits per heavy atom. The lowest BCUT2D eigenvalue weighted by Gasteiger charge is -2.13. The van der Waals surface area contributed by atoms with Crippen LogP contribution < -0.4 is 0 Å². The molecule has 0 spiro atoms. The number of nitrogens with zero attached hydrogens (tertiary/aromatic N) is 8. The Hall–Kier alpha value is -7.74. The van der Waals surface area contributed by atoms with Crippen molar-refractivity contribution in [3.05, 3.63) is 156 Å². The summed E-state index contributed by atoms with van der Waals surface area (Å²) in [6, 6.07) is 11.6. The van der Waals surface area contributed by atoms with E-state index in [1.165, 1.54) is 18.2 Å². The largest absolute Gasteiger partial charge is 0.270 e. The van der Waals surface area contributed by atoms with Gasteiger partial charge < -0.3 is 0 Å². The predicted molar refractivity (Wildman–Crippen MR) is 154 cm³/mol. The Balaban J connectivity index is 1.97. The van der Waals surface area contributed by atoms with E-state index in [4.69, 9.17) is 31.6 Å². The summed E-state index contributed by atoms with van der Waals surface area (Å²) in [5.41, 5.74) is -5.97. The molecule has 2 aliphatic rings. The fraction of sp³-hybridized carbons (Fsp3) is 0. The van der Waals surface area contributed by atoms with Crippen LogP contribution in [0.4, 0.5) is 23.2 Å². The van der Waals surface area contributed by atoms with Crippen molar-refractivity contribution in [2.45, 2.75) is 0 Å². The van der Waals surface area contributed by atoms with Crippen molar-refractivity contribution >= 4 is 39.2 Å². The number of fused-ring (bicyclic) bond motifs is 2. The molecule has 5 rings (SSSR count). The van der Waals surface area contributed by atoms with Gasteiger partial charge in [0.1, 0.15) is 35.4 Å². The van der Waals surface area contributed by atoms with Crippen LogP contribution in [0.5, 0.6) is 0 Å². The maximum atomic E-state index is 15.4. The van der Waals surface area contributed by atoms with Gasteiger partial charge in [0, 0.05) is 22.3 Å². The van der Waals surface area contributed by atoms with Gasteiger partial charge in [-0.25, -0.2) is 47.5 Å². The molecule has 46 heavy (non-hydrogen) atoms. The van der Waals surface area contributed by atoms with Gasteiger partial charge in [-0.15, -0.1) is 0 Å². The van der Waals surface area contributed by atoms with Gasteiger partial charge in [-0.2, -0.15) is 10.5 Å². The first-order chi connectivity index (χ1) is 22.1.